The Kier molecular flexibility index (Phi) is 5.44. The molecule has 0 saturated carbocycles. The van der Waals surface area contributed by atoms with Gasteiger partial charge in [0.1, 0.15) is 24.4 Å². The summed E-state index contributed by atoms with van der Waals surface area (Å²) in [5.74, 6) is 0. The number of hydrogen-bond acceptors (Lipinski definition) is 6. The predicted molar refractivity (Wildman–Crippen MR) is 45.4 cm³/mol. The van der Waals surface area contributed by atoms with Crippen LogP contribution in [0.4, 0.5) is 4.70 Å². The molecule has 0 spiro atoms. The normalized spacial score (nSPS) is 40.1. The number of halogens is 1. The van der Waals surface area contributed by atoms with E-state index in [1.165, 1.54) is 0 Å². The van der Waals surface area contributed by atoms with E-state index in [2.05, 4.69) is 10.0 Å². The lowest BCUT2D eigenvalue weighted by Crippen LogP contribution is -2.57. The number of nitrogens with zero attached hydrogens (tertiary/aromatic N) is 3. The van der Waals surface area contributed by atoms with Gasteiger partial charge in [-0.2, -0.15) is 0 Å². The minimum absolute atomic E-state index is 0. The van der Waals surface area contributed by atoms with Crippen LogP contribution in [0, 0.1) is 0 Å². The van der Waals surface area contributed by atoms with Crippen molar-refractivity contribution in [2.24, 2.45) is 5.11 Å². The van der Waals surface area contributed by atoms with Crippen molar-refractivity contribution in [3.63, 3.8) is 0 Å². The van der Waals surface area contributed by atoms with Gasteiger partial charge in [-0.25, -0.2) is 0 Å². The maximum absolute atomic E-state index is 9.27. The Morgan fingerprint density at radius 1 is 1.20 bits per heavy atom. The molecule has 1 rings (SSSR count). The SMILES string of the molecule is F.[N-]=[N+]=NC1O[C@H](CO)[C@@H](O)[C@H](O)[C@H]1O. The third kappa shape index (κ3) is 2.75. The maximum Gasteiger partial charge on any atom is 0.165 e. The van der Waals surface area contributed by atoms with Gasteiger partial charge in [0.2, 0.25) is 0 Å². The van der Waals surface area contributed by atoms with Gasteiger partial charge in [-0.15, -0.1) is 0 Å². The molecule has 1 heterocycles. The van der Waals surface area contributed by atoms with Gasteiger partial charge in [-0.05, 0) is 5.53 Å². The smallest absolute Gasteiger partial charge is 0.165 e. The lowest BCUT2D eigenvalue weighted by atomic mass is 9.99. The van der Waals surface area contributed by atoms with Gasteiger partial charge >= 0.3 is 0 Å². The zero-order valence-corrected chi connectivity index (χ0v) is 7.54. The summed E-state index contributed by atoms with van der Waals surface area (Å²) >= 11 is 0. The second-order valence-corrected chi connectivity index (χ2v) is 2.92. The highest BCUT2D eigenvalue weighted by molar-refractivity contribution is 4.90. The fourth-order valence-corrected chi connectivity index (χ4v) is 1.23. The van der Waals surface area contributed by atoms with Gasteiger partial charge in [0.15, 0.2) is 6.23 Å². The molecule has 0 bridgehead atoms. The zero-order chi connectivity index (χ0) is 10.7. The first-order chi connectivity index (χ1) is 6.61. The molecule has 1 aliphatic rings. The average molecular weight is 225 g/mol. The second kappa shape index (κ2) is 5.81. The molecule has 1 aliphatic heterocycles. The van der Waals surface area contributed by atoms with E-state index in [0.717, 1.165) is 0 Å². The molecule has 0 aromatic heterocycles. The summed E-state index contributed by atoms with van der Waals surface area (Å²) in [6.45, 7) is -0.539. The van der Waals surface area contributed by atoms with Crippen LogP contribution in [0.2, 0.25) is 0 Å². The molecule has 5 atom stereocenters. The molecule has 0 aromatic rings. The predicted octanol–water partition coefficient (Wildman–Crippen LogP) is -1.75. The van der Waals surface area contributed by atoms with Gasteiger partial charge in [0, 0.05) is 4.91 Å². The summed E-state index contributed by atoms with van der Waals surface area (Å²) < 4.78 is 4.84. The van der Waals surface area contributed by atoms with Crippen molar-refractivity contribution in [3.05, 3.63) is 10.4 Å². The summed E-state index contributed by atoms with van der Waals surface area (Å²) in [7, 11) is 0. The van der Waals surface area contributed by atoms with E-state index >= 15 is 0 Å². The van der Waals surface area contributed by atoms with Gasteiger partial charge in [-0.1, -0.05) is 5.11 Å². The highest BCUT2D eigenvalue weighted by atomic mass is 19.0. The quantitative estimate of drug-likeness (QED) is 0.250. The average Bonchev–Trinajstić information content (AvgIpc) is 2.19. The maximum atomic E-state index is 9.27. The fraction of sp³-hybridized carbons (Fsp3) is 1.00. The van der Waals surface area contributed by atoms with E-state index in [-0.39, 0.29) is 4.70 Å². The monoisotopic (exact) mass is 225 g/mol. The highest BCUT2D eigenvalue weighted by Gasteiger charge is 2.42. The Morgan fingerprint density at radius 2 is 1.80 bits per heavy atom. The van der Waals surface area contributed by atoms with Gasteiger partial charge in [0.25, 0.3) is 0 Å². The number of azide groups is 1. The third-order valence-electron chi connectivity index (χ3n) is 2.03. The molecule has 0 amide bonds. The second-order valence-electron chi connectivity index (χ2n) is 2.92. The van der Waals surface area contributed by atoms with Crippen molar-refractivity contribution in [1.82, 2.24) is 0 Å². The Hall–Kier alpha value is -0.960. The summed E-state index contributed by atoms with van der Waals surface area (Å²) in [5.41, 5.74) is 8.11. The van der Waals surface area contributed by atoms with Gasteiger partial charge in [0.05, 0.1) is 6.61 Å². The van der Waals surface area contributed by atoms with Crippen molar-refractivity contribution in [1.29, 1.82) is 0 Å². The molecule has 1 unspecified atom stereocenters. The third-order valence-corrected chi connectivity index (χ3v) is 2.03. The molecular formula is C6H12FN3O5. The molecule has 1 fully saturated rings. The fourth-order valence-electron chi connectivity index (χ4n) is 1.23. The van der Waals surface area contributed by atoms with E-state index in [4.69, 9.17) is 15.4 Å². The number of ether oxygens (including phenoxy) is 1. The van der Waals surface area contributed by atoms with E-state index in [1.807, 2.05) is 0 Å². The van der Waals surface area contributed by atoms with Gasteiger partial charge in [-0.3, -0.25) is 4.70 Å². The summed E-state index contributed by atoms with van der Waals surface area (Å²) in [4.78, 5) is 2.40. The van der Waals surface area contributed by atoms with Crippen molar-refractivity contribution >= 4 is 0 Å². The molecule has 0 aromatic carbocycles. The molecule has 15 heavy (non-hydrogen) atoms. The van der Waals surface area contributed by atoms with E-state index < -0.39 is 37.3 Å². The van der Waals surface area contributed by atoms with E-state index in [1.54, 1.807) is 0 Å². The van der Waals surface area contributed by atoms with Crippen LogP contribution in [0.25, 0.3) is 10.4 Å². The largest absolute Gasteiger partial charge is 0.394 e. The van der Waals surface area contributed by atoms with Crippen molar-refractivity contribution < 1.29 is 29.9 Å². The number of rotatable bonds is 2. The first kappa shape index (κ1) is 14.0. The molecule has 4 N–H and O–H groups in total. The topological polar surface area (TPSA) is 139 Å². The Balaban J connectivity index is 0.00000196. The van der Waals surface area contributed by atoms with Crippen molar-refractivity contribution in [2.45, 2.75) is 30.6 Å². The molecule has 0 radical (unpaired) electrons. The lowest BCUT2D eigenvalue weighted by Gasteiger charge is -2.37. The molecule has 8 nitrogen and oxygen atoms in total. The zero-order valence-electron chi connectivity index (χ0n) is 7.54. The van der Waals surface area contributed by atoms with Crippen LogP contribution in [0.3, 0.4) is 0 Å². The van der Waals surface area contributed by atoms with Crippen LogP contribution in [-0.4, -0.2) is 57.7 Å². The van der Waals surface area contributed by atoms with Crippen LogP contribution in [0.15, 0.2) is 5.11 Å². The van der Waals surface area contributed by atoms with E-state index in [9.17, 15) is 15.3 Å². The summed E-state index contributed by atoms with van der Waals surface area (Å²) in [5, 5.41) is 39.6. The van der Waals surface area contributed by atoms with Crippen molar-refractivity contribution in [2.75, 3.05) is 6.61 Å². The lowest BCUT2D eigenvalue weighted by molar-refractivity contribution is -0.227. The standard InChI is InChI=1S/C6H11N3O5.FH/c7-9-8-6-5(13)4(12)3(11)2(1-10)14-6;/h2-6,10-13H,1H2;1H/t2-,3-,4+,5-,6?;/m1./s1. The Bertz CT molecular complexity index is 247. The number of aliphatic hydroxyl groups excluding tert-OH is 4. The van der Waals surface area contributed by atoms with Crippen LogP contribution >= 0.6 is 0 Å². The Morgan fingerprint density at radius 3 is 2.27 bits per heavy atom. The minimum Gasteiger partial charge on any atom is -0.394 e. The first-order valence-corrected chi connectivity index (χ1v) is 3.96. The number of aliphatic hydroxyl groups is 4. The van der Waals surface area contributed by atoms with Crippen LogP contribution in [0.1, 0.15) is 0 Å². The molecule has 9 heteroatoms. The van der Waals surface area contributed by atoms with Crippen LogP contribution < -0.4 is 0 Å². The molecule has 88 valence electrons. The van der Waals surface area contributed by atoms with Crippen LogP contribution in [-0.2, 0) is 4.74 Å². The van der Waals surface area contributed by atoms with Crippen LogP contribution in [0.5, 0.6) is 0 Å². The van der Waals surface area contributed by atoms with Crippen molar-refractivity contribution in [3.8, 4) is 0 Å². The Labute approximate surface area is 83.7 Å². The van der Waals surface area contributed by atoms with Gasteiger partial charge < -0.3 is 25.2 Å². The molecule has 0 aliphatic carbocycles. The first-order valence-electron chi connectivity index (χ1n) is 3.96. The van der Waals surface area contributed by atoms with E-state index in [0.29, 0.717) is 0 Å². The summed E-state index contributed by atoms with van der Waals surface area (Å²) in [6.07, 6.45) is -6.76. The molecule has 1 saturated heterocycles. The number of hydrogen-bond donors (Lipinski definition) is 4. The highest BCUT2D eigenvalue weighted by Crippen LogP contribution is 2.21. The summed E-state index contributed by atoms with van der Waals surface area (Å²) in [6, 6.07) is 0. The molecular weight excluding hydrogens is 213 g/mol. The minimum atomic E-state index is -1.50.